The number of carbonyl (C=O) groups is 1. The van der Waals surface area contributed by atoms with E-state index in [1.807, 2.05) is 25.7 Å². The maximum atomic E-state index is 14.3. The van der Waals surface area contributed by atoms with E-state index in [9.17, 15) is 22.0 Å². The topological polar surface area (TPSA) is 148 Å². The van der Waals surface area contributed by atoms with E-state index >= 15 is 0 Å². The molecule has 2 fully saturated rings. The Kier molecular flexibility index (Phi) is 12.7. The zero-order valence-electron chi connectivity index (χ0n) is 27.8. The van der Waals surface area contributed by atoms with Gasteiger partial charge in [0.1, 0.15) is 11.6 Å². The molecule has 14 heteroatoms. The number of halogens is 2. The number of hydrogen-bond acceptors (Lipinski definition) is 9. The average Bonchev–Trinajstić information content (AvgIpc) is 3.42. The molecule has 0 saturated carbocycles. The molecule has 262 valence electrons. The molecule has 5 rings (SSSR count). The van der Waals surface area contributed by atoms with Gasteiger partial charge < -0.3 is 25.0 Å². The molecule has 1 aromatic heterocycles. The number of benzene rings is 2. The fourth-order valence-electron chi connectivity index (χ4n) is 5.91. The third-order valence-corrected chi connectivity index (χ3v) is 9.59. The third-order valence-electron chi connectivity index (χ3n) is 8.72. The van der Waals surface area contributed by atoms with Crippen molar-refractivity contribution in [2.75, 3.05) is 37.7 Å². The van der Waals surface area contributed by atoms with Crippen molar-refractivity contribution in [2.45, 2.75) is 69.9 Å². The SMILES string of the molecule is CC(C)OC(=O)N1CCC([C@H](C)CCOc2cnc(N3C[C@H](c4ccc(F)cc4F)[C@@H](N)C3)nc2)CC1.Cc1ccc(S(=O)(=O)O)cc1. The van der Waals surface area contributed by atoms with Crippen LogP contribution in [0.3, 0.4) is 0 Å². The average molecular weight is 690 g/mol. The predicted molar refractivity (Wildman–Crippen MR) is 178 cm³/mol. The quantitative estimate of drug-likeness (QED) is 0.273. The number of nitrogens with zero attached hydrogens (tertiary/aromatic N) is 4. The summed E-state index contributed by atoms with van der Waals surface area (Å²) in [5, 5.41) is 0. The normalized spacial score (nSPS) is 19.1. The van der Waals surface area contributed by atoms with E-state index in [4.69, 9.17) is 19.8 Å². The highest BCUT2D eigenvalue weighted by atomic mass is 32.2. The molecule has 0 bridgehead atoms. The van der Waals surface area contributed by atoms with E-state index in [0.717, 1.165) is 44.0 Å². The van der Waals surface area contributed by atoms with Crippen LogP contribution in [-0.2, 0) is 14.9 Å². The first-order chi connectivity index (χ1) is 22.7. The third kappa shape index (κ3) is 10.3. The Morgan fingerprint density at radius 3 is 2.27 bits per heavy atom. The lowest BCUT2D eigenvalue weighted by Crippen LogP contribution is -2.41. The van der Waals surface area contributed by atoms with Crippen LogP contribution < -0.4 is 15.4 Å². The Balaban J connectivity index is 0.000000401. The maximum Gasteiger partial charge on any atom is 0.410 e. The van der Waals surface area contributed by atoms with Crippen molar-refractivity contribution in [1.82, 2.24) is 14.9 Å². The number of anilines is 1. The molecule has 3 aromatic rings. The molecule has 0 radical (unpaired) electrons. The number of amides is 1. The summed E-state index contributed by atoms with van der Waals surface area (Å²) in [5.41, 5.74) is 7.63. The predicted octanol–water partition coefficient (Wildman–Crippen LogP) is 5.59. The van der Waals surface area contributed by atoms with Crippen molar-refractivity contribution in [3.63, 3.8) is 0 Å². The van der Waals surface area contributed by atoms with Crippen molar-refractivity contribution in [3.05, 3.63) is 77.6 Å². The van der Waals surface area contributed by atoms with Crippen LogP contribution >= 0.6 is 0 Å². The summed E-state index contributed by atoms with van der Waals surface area (Å²) in [5.74, 6) is 0.652. The maximum absolute atomic E-state index is 14.3. The van der Waals surface area contributed by atoms with Crippen LogP contribution in [0.15, 0.2) is 59.8 Å². The van der Waals surface area contributed by atoms with Crippen molar-refractivity contribution < 1.29 is 36.0 Å². The molecule has 0 aliphatic carbocycles. The van der Waals surface area contributed by atoms with Gasteiger partial charge in [-0.1, -0.05) is 30.7 Å². The van der Waals surface area contributed by atoms with Crippen molar-refractivity contribution in [3.8, 4) is 5.75 Å². The Hall–Kier alpha value is -3.88. The molecule has 11 nitrogen and oxygen atoms in total. The van der Waals surface area contributed by atoms with Gasteiger partial charge in [-0.15, -0.1) is 0 Å². The molecule has 48 heavy (non-hydrogen) atoms. The highest BCUT2D eigenvalue weighted by Crippen LogP contribution is 2.31. The van der Waals surface area contributed by atoms with Crippen LogP contribution in [0, 0.1) is 30.4 Å². The largest absolute Gasteiger partial charge is 0.490 e. The van der Waals surface area contributed by atoms with E-state index < -0.39 is 21.8 Å². The van der Waals surface area contributed by atoms with Crippen LogP contribution in [0.5, 0.6) is 5.75 Å². The van der Waals surface area contributed by atoms with Gasteiger partial charge in [-0.05, 0) is 75.6 Å². The van der Waals surface area contributed by atoms with Gasteiger partial charge in [-0.25, -0.2) is 23.5 Å². The first-order valence-corrected chi connectivity index (χ1v) is 17.5. The number of rotatable bonds is 9. The zero-order valence-corrected chi connectivity index (χ0v) is 28.6. The van der Waals surface area contributed by atoms with Gasteiger partial charge in [0.2, 0.25) is 5.95 Å². The van der Waals surface area contributed by atoms with E-state index in [1.54, 1.807) is 29.4 Å². The summed E-state index contributed by atoms with van der Waals surface area (Å²) < 4.78 is 68.3. The van der Waals surface area contributed by atoms with E-state index in [0.29, 0.717) is 48.8 Å². The molecular formula is C34H45F2N5O6S. The highest BCUT2D eigenvalue weighted by molar-refractivity contribution is 7.85. The molecule has 2 aliphatic rings. The first kappa shape index (κ1) is 36.9. The summed E-state index contributed by atoms with van der Waals surface area (Å²) in [7, 11) is -4.02. The number of nitrogens with two attached hydrogens (primary N) is 1. The summed E-state index contributed by atoms with van der Waals surface area (Å²) in [6, 6.07) is 9.28. The number of hydrogen-bond donors (Lipinski definition) is 2. The van der Waals surface area contributed by atoms with Gasteiger partial charge >= 0.3 is 6.09 Å². The minimum atomic E-state index is -4.02. The van der Waals surface area contributed by atoms with Crippen LogP contribution in [-0.4, -0.2) is 78.9 Å². The first-order valence-electron chi connectivity index (χ1n) is 16.1. The highest BCUT2D eigenvalue weighted by Gasteiger charge is 2.34. The van der Waals surface area contributed by atoms with Crippen molar-refractivity contribution >= 4 is 22.2 Å². The Labute approximate surface area is 281 Å². The number of likely N-dealkylation sites (tertiary alicyclic amines) is 1. The Bertz CT molecular complexity index is 1600. The van der Waals surface area contributed by atoms with Crippen LogP contribution in [0.2, 0.25) is 0 Å². The number of aryl methyl sites for hydroxylation is 1. The molecule has 3 atom stereocenters. The number of piperidine rings is 1. The summed E-state index contributed by atoms with van der Waals surface area (Å²) in [6.45, 7) is 10.7. The zero-order chi connectivity index (χ0) is 35.0. The minimum absolute atomic E-state index is 0.0666. The van der Waals surface area contributed by atoms with Gasteiger partial charge in [0.25, 0.3) is 10.1 Å². The number of aromatic nitrogens is 2. The number of carbonyl (C=O) groups excluding carboxylic acids is 1. The number of ether oxygens (including phenoxy) is 2. The van der Waals surface area contributed by atoms with Gasteiger partial charge in [0, 0.05) is 44.2 Å². The summed E-state index contributed by atoms with van der Waals surface area (Å²) in [6.07, 6.45) is 5.79. The van der Waals surface area contributed by atoms with Crippen molar-refractivity contribution in [2.24, 2.45) is 17.6 Å². The summed E-state index contributed by atoms with van der Waals surface area (Å²) in [4.78, 5) is 24.6. The van der Waals surface area contributed by atoms with Gasteiger partial charge in [-0.2, -0.15) is 8.42 Å². The van der Waals surface area contributed by atoms with Crippen LogP contribution in [0.1, 0.15) is 57.1 Å². The van der Waals surface area contributed by atoms with Gasteiger partial charge in [-0.3, -0.25) is 4.55 Å². The minimum Gasteiger partial charge on any atom is -0.490 e. The van der Waals surface area contributed by atoms with Gasteiger partial charge in [0.15, 0.2) is 5.75 Å². The lowest BCUT2D eigenvalue weighted by Gasteiger charge is -2.34. The second-order valence-corrected chi connectivity index (χ2v) is 14.1. The monoisotopic (exact) mass is 689 g/mol. The molecule has 2 saturated heterocycles. The molecule has 2 aliphatic heterocycles. The second-order valence-electron chi connectivity index (χ2n) is 12.7. The lowest BCUT2D eigenvalue weighted by molar-refractivity contribution is 0.0596. The smallest absolute Gasteiger partial charge is 0.410 e. The summed E-state index contributed by atoms with van der Waals surface area (Å²) >= 11 is 0. The van der Waals surface area contributed by atoms with E-state index in [2.05, 4.69) is 16.9 Å². The van der Waals surface area contributed by atoms with Crippen LogP contribution in [0.4, 0.5) is 19.5 Å². The molecule has 0 spiro atoms. The fraction of sp³-hybridized carbons (Fsp3) is 0.500. The molecular weight excluding hydrogens is 644 g/mol. The van der Waals surface area contributed by atoms with E-state index in [-0.39, 0.29) is 29.1 Å². The molecule has 3 heterocycles. The fourth-order valence-corrected chi connectivity index (χ4v) is 6.39. The molecule has 3 N–H and O–H groups in total. The standard InChI is InChI=1S/C27H37F2N5O3.C7H8O3S/c1-17(2)37-27(35)33-9-6-19(7-10-33)18(3)8-11-36-21-13-31-26(32-14-21)34-15-23(25(30)16-34)22-5-4-20(28)12-24(22)29;1-6-2-4-7(5-3-6)11(8,9)10/h4-5,12-14,17-19,23,25H,6-11,15-16,30H2,1-3H3;2-5H,1H3,(H,8,9,10)/t18-,23-,25+;/m1./s1. The molecule has 0 unspecified atom stereocenters. The molecule has 2 aromatic carbocycles. The lowest BCUT2D eigenvalue weighted by atomic mass is 9.84. The van der Waals surface area contributed by atoms with E-state index in [1.165, 1.54) is 24.3 Å². The Morgan fingerprint density at radius 2 is 1.69 bits per heavy atom. The second kappa shape index (κ2) is 16.5. The van der Waals surface area contributed by atoms with Crippen LogP contribution in [0.25, 0.3) is 0 Å². The van der Waals surface area contributed by atoms with Gasteiger partial charge in [0.05, 0.1) is 30.0 Å². The Morgan fingerprint density at radius 1 is 1.04 bits per heavy atom. The molecule has 1 amide bonds. The van der Waals surface area contributed by atoms with Crippen molar-refractivity contribution in [1.29, 1.82) is 0 Å².